The molecule has 58 valence electrons. The van der Waals surface area contributed by atoms with E-state index in [2.05, 4.69) is 5.10 Å². The van der Waals surface area contributed by atoms with Gasteiger partial charge in [0, 0.05) is 5.75 Å². The standard InChI is InChI=1S/C4H9N3O2S/c5-4(7-6)10-2-1-3(8)9/h1-2,6H2,(H2,5,7)(H,8,9). The number of thioether (sulfide) groups is 1. The van der Waals surface area contributed by atoms with Crippen LogP contribution in [-0.4, -0.2) is 22.0 Å². The summed E-state index contributed by atoms with van der Waals surface area (Å²) in [7, 11) is 0. The number of carboxylic acid groups (broad SMARTS) is 1. The first-order valence-electron chi connectivity index (χ1n) is 2.54. The third-order valence-electron chi connectivity index (χ3n) is 0.693. The summed E-state index contributed by atoms with van der Waals surface area (Å²) in [4.78, 5) is 9.94. The summed E-state index contributed by atoms with van der Waals surface area (Å²) >= 11 is 1.13. The molecular formula is C4H9N3O2S. The zero-order chi connectivity index (χ0) is 7.98. The third kappa shape index (κ3) is 5.23. The molecule has 0 bridgehead atoms. The van der Waals surface area contributed by atoms with E-state index in [0.29, 0.717) is 5.75 Å². The van der Waals surface area contributed by atoms with Crippen LogP contribution in [0.3, 0.4) is 0 Å². The summed E-state index contributed by atoms with van der Waals surface area (Å²) in [6.45, 7) is 0. The van der Waals surface area contributed by atoms with E-state index in [9.17, 15) is 4.79 Å². The lowest BCUT2D eigenvalue weighted by atomic mass is 10.5. The van der Waals surface area contributed by atoms with Gasteiger partial charge in [-0.3, -0.25) is 4.79 Å². The molecule has 0 unspecified atom stereocenters. The molecular weight excluding hydrogens is 154 g/mol. The molecule has 0 aromatic carbocycles. The number of aliphatic carboxylic acids is 1. The van der Waals surface area contributed by atoms with Crippen LogP contribution in [0.4, 0.5) is 0 Å². The Morgan fingerprint density at radius 3 is 2.70 bits per heavy atom. The van der Waals surface area contributed by atoms with Gasteiger partial charge < -0.3 is 16.7 Å². The average molecular weight is 163 g/mol. The summed E-state index contributed by atoms with van der Waals surface area (Å²) in [5, 5.41) is 11.5. The van der Waals surface area contributed by atoms with E-state index in [1.165, 1.54) is 0 Å². The van der Waals surface area contributed by atoms with E-state index in [-0.39, 0.29) is 11.6 Å². The fraction of sp³-hybridized carbons (Fsp3) is 0.500. The Hall–Kier alpha value is -0.910. The molecule has 0 spiro atoms. The molecule has 0 fully saturated rings. The zero-order valence-corrected chi connectivity index (χ0v) is 6.10. The van der Waals surface area contributed by atoms with Crippen LogP contribution in [0.15, 0.2) is 5.10 Å². The lowest BCUT2D eigenvalue weighted by Crippen LogP contribution is -2.10. The lowest BCUT2D eigenvalue weighted by molar-refractivity contribution is -0.136. The van der Waals surface area contributed by atoms with Gasteiger partial charge in [0.05, 0.1) is 6.42 Å². The first-order chi connectivity index (χ1) is 4.66. The van der Waals surface area contributed by atoms with E-state index >= 15 is 0 Å². The minimum atomic E-state index is -0.850. The second-order valence-electron chi connectivity index (χ2n) is 1.46. The number of hydrogen-bond donors (Lipinski definition) is 3. The predicted molar refractivity (Wildman–Crippen MR) is 40.5 cm³/mol. The van der Waals surface area contributed by atoms with Crippen LogP contribution in [0, 0.1) is 0 Å². The molecule has 6 heteroatoms. The van der Waals surface area contributed by atoms with E-state index < -0.39 is 5.97 Å². The van der Waals surface area contributed by atoms with Crippen molar-refractivity contribution in [3.63, 3.8) is 0 Å². The van der Waals surface area contributed by atoms with E-state index in [1.54, 1.807) is 0 Å². The molecule has 0 radical (unpaired) electrons. The molecule has 0 aliphatic carbocycles. The predicted octanol–water partition coefficient (Wildman–Crippen LogP) is -0.617. The molecule has 5 N–H and O–H groups in total. The van der Waals surface area contributed by atoms with Gasteiger partial charge in [-0.2, -0.15) is 5.10 Å². The molecule has 0 aliphatic rings. The number of rotatable bonds is 3. The molecule has 0 saturated carbocycles. The van der Waals surface area contributed by atoms with Gasteiger partial charge in [0.25, 0.3) is 0 Å². The molecule has 0 atom stereocenters. The molecule has 10 heavy (non-hydrogen) atoms. The summed E-state index contributed by atoms with van der Waals surface area (Å²) in [6.07, 6.45) is 0.0703. The van der Waals surface area contributed by atoms with Crippen LogP contribution in [0.1, 0.15) is 6.42 Å². The Kier molecular flexibility index (Phi) is 4.47. The van der Waals surface area contributed by atoms with E-state index in [0.717, 1.165) is 11.8 Å². The maximum atomic E-state index is 9.94. The highest BCUT2D eigenvalue weighted by Gasteiger charge is 1.97. The highest BCUT2D eigenvalue weighted by atomic mass is 32.2. The first-order valence-corrected chi connectivity index (χ1v) is 3.53. The van der Waals surface area contributed by atoms with Gasteiger partial charge in [-0.05, 0) is 0 Å². The van der Waals surface area contributed by atoms with E-state index in [4.69, 9.17) is 16.7 Å². The molecule has 0 rings (SSSR count). The molecule has 0 aromatic heterocycles. The number of amidine groups is 1. The average Bonchev–Trinajstić information content (AvgIpc) is 1.87. The molecule has 0 amide bonds. The van der Waals surface area contributed by atoms with Crippen molar-refractivity contribution in [3.05, 3.63) is 0 Å². The van der Waals surface area contributed by atoms with Crippen molar-refractivity contribution < 1.29 is 9.90 Å². The van der Waals surface area contributed by atoms with Gasteiger partial charge >= 0.3 is 5.97 Å². The Bertz CT molecular complexity index is 147. The zero-order valence-electron chi connectivity index (χ0n) is 5.28. The number of nitrogens with two attached hydrogens (primary N) is 2. The van der Waals surface area contributed by atoms with Gasteiger partial charge in [0.15, 0.2) is 5.17 Å². The van der Waals surface area contributed by atoms with Crippen molar-refractivity contribution >= 4 is 22.9 Å². The number of carboxylic acids is 1. The van der Waals surface area contributed by atoms with Crippen LogP contribution < -0.4 is 11.6 Å². The first kappa shape index (κ1) is 9.09. The maximum absolute atomic E-state index is 9.94. The highest BCUT2D eigenvalue weighted by Crippen LogP contribution is 2.00. The maximum Gasteiger partial charge on any atom is 0.304 e. The lowest BCUT2D eigenvalue weighted by Gasteiger charge is -1.94. The minimum absolute atomic E-state index is 0.0703. The fourth-order valence-electron chi connectivity index (χ4n) is 0.280. The summed E-state index contributed by atoms with van der Waals surface area (Å²) < 4.78 is 0. The summed E-state index contributed by atoms with van der Waals surface area (Å²) in [5.74, 6) is 4.34. The van der Waals surface area contributed by atoms with Crippen LogP contribution >= 0.6 is 11.8 Å². The SMILES string of the molecule is N/N=C(\N)SCCC(=O)O. The molecule has 5 nitrogen and oxygen atoms in total. The topological polar surface area (TPSA) is 102 Å². The second kappa shape index (κ2) is 4.92. The number of hydrazone groups is 1. The summed E-state index contributed by atoms with van der Waals surface area (Å²) in [5.41, 5.74) is 5.15. The smallest absolute Gasteiger partial charge is 0.304 e. The molecule has 0 heterocycles. The van der Waals surface area contributed by atoms with Crippen molar-refractivity contribution in [2.75, 3.05) is 5.75 Å². The normalized spacial score (nSPS) is 11.4. The third-order valence-corrected chi connectivity index (χ3v) is 1.50. The second-order valence-corrected chi connectivity index (χ2v) is 2.57. The monoisotopic (exact) mass is 163 g/mol. The van der Waals surface area contributed by atoms with Gasteiger partial charge in [-0.15, -0.1) is 0 Å². The number of nitrogens with zero attached hydrogens (tertiary/aromatic N) is 1. The minimum Gasteiger partial charge on any atom is -0.481 e. The Balaban J connectivity index is 3.29. The molecule has 0 aliphatic heterocycles. The van der Waals surface area contributed by atoms with Crippen LogP contribution in [-0.2, 0) is 4.79 Å². The number of carbonyl (C=O) groups is 1. The number of hydrogen-bond acceptors (Lipinski definition) is 4. The van der Waals surface area contributed by atoms with Gasteiger partial charge in [-0.1, -0.05) is 11.8 Å². The molecule has 0 saturated heterocycles. The summed E-state index contributed by atoms with van der Waals surface area (Å²) in [6, 6.07) is 0. The van der Waals surface area contributed by atoms with Crippen LogP contribution in [0.25, 0.3) is 0 Å². The Morgan fingerprint density at radius 1 is 1.70 bits per heavy atom. The fourth-order valence-corrected chi connectivity index (χ4v) is 0.841. The highest BCUT2D eigenvalue weighted by molar-refractivity contribution is 8.13. The molecule has 0 aromatic rings. The van der Waals surface area contributed by atoms with Crippen molar-refractivity contribution in [2.24, 2.45) is 16.7 Å². The Morgan fingerprint density at radius 2 is 2.30 bits per heavy atom. The van der Waals surface area contributed by atoms with Gasteiger partial charge in [0.2, 0.25) is 0 Å². The van der Waals surface area contributed by atoms with Crippen LogP contribution in [0.5, 0.6) is 0 Å². The van der Waals surface area contributed by atoms with Crippen molar-refractivity contribution in [2.45, 2.75) is 6.42 Å². The van der Waals surface area contributed by atoms with Crippen LogP contribution in [0.2, 0.25) is 0 Å². The van der Waals surface area contributed by atoms with Gasteiger partial charge in [-0.25, -0.2) is 0 Å². The van der Waals surface area contributed by atoms with E-state index in [1.807, 2.05) is 0 Å². The largest absolute Gasteiger partial charge is 0.481 e. The quantitative estimate of drug-likeness (QED) is 0.223. The van der Waals surface area contributed by atoms with Crippen molar-refractivity contribution in [3.8, 4) is 0 Å². The van der Waals surface area contributed by atoms with Crippen molar-refractivity contribution in [1.82, 2.24) is 0 Å². The Labute approximate surface area is 62.5 Å². The van der Waals surface area contributed by atoms with Crippen molar-refractivity contribution in [1.29, 1.82) is 0 Å². The van der Waals surface area contributed by atoms with Gasteiger partial charge in [0.1, 0.15) is 0 Å².